The van der Waals surface area contributed by atoms with Gasteiger partial charge < -0.3 is 10.1 Å². The second kappa shape index (κ2) is 6.74. The molecule has 1 aromatic heterocycles. The summed E-state index contributed by atoms with van der Waals surface area (Å²) in [4.78, 5) is 12.7. The molecule has 0 spiro atoms. The molecule has 0 unspecified atom stereocenters. The number of fused-ring (bicyclic) bond motifs is 3. The number of benzene rings is 1. The van der Waals surface area contributed by atoms with Crippen LogP contribution < -0.4 is 15.2 Å². The van der Waals surface area contributed by atoms with Gasteiger partial charge in [-0.3, -0.25) is 0 Å². The quantitative estimate of drug-likeness (QED) is 0.752. The number of nitrogens with zero attached hydrogens (tertiary/aromatic N) is 3. The van der Waals surface area contributed by atoms with Crippen molar-refractivity contribution in [2.45, 2.75) is 62.7 Å². The molecule has 5 rings (SSSR count). The molecule has 1 aliphatic heterocycles. The number of rotatable bonds is 2. The van der Waals surface area contributed by atoms with Gasteiger partial charge in [0.2, 0.25) is 5.88 Å². The zero-order chi connectivity index (χ0) is 21.2. The summed E-state index contributed by atoms with van der Waals surface area (Å²) < 4.78 is 52.6. The minimum Gasteiger partial charge on any atom is -0.472 e. The third kappa shape index (κ3) is 2.99. The molecule has 3 aliphatic rings. The van der Waals surface area contributed by atoms with Crippen molar-refractivity contribution in [3.05, 3.63) is 34.3 Å². The number of alkyl halides is 1. The zero-order valence-electron chi connectivity index (χ0n) is 16.3. The Balaban J connectivity index is 1.51. The Hall–Kier alpha value is -2.53. The van der Waals surface area contributed by atoms with Gasteiger partial charge in [0.25, 0.3) is 0 Å². The van der Waals surface area contributed by atoms with Crippen LogP contribution in [0.2, 0.25) is 0 Å². The lowest BCUT2D eigenvalue weighted by atomic mass is 9.98. The Morgan fingerprint density at radius 3 is 2.87 bits per heavy atom. The van der Waals surface area contributed by atoms with Crippen LogP contribution in [0.3, 0.4) is 0 Å². The average Bonchev–Trinajstić information content (AvgIpc) is 3.40. The number of halogens is 2. The highest BCUT2D eigenvalue weighted by molar-refractivity contribution is 7.91. The average molecular weight is 437 g/mol. The number of urea groups is 1. The van der Waals surface area contributed by atoms with Gasteiger partial charge in [0, 0.05) is 18.5 Å². The monoisotopic (exact) mass is 437 g/mol. The van der Waals surface area contributed by atoms with Crippen LogP contribution in [0, 0.1) is 5.82 Å². The number of carbonyl (C=O) groups excluding carboxylic acids is 1. The molecule has 0 fully saturated rings. The van der Waals surface area contributed by atoms with Gasteiger partial charge in [0.05, 0.1) is 12.7 Å². The van der Waals surface area contributed by atoms with Crippen LogP contribution in [0.25, 0.3) is 0 Å². The van der Waals surface area contributed by atoms with Crippen LogP contribution in [0.4, 0.5) is 19.3 Å². The Morgan fingerprint density at radius 1 is 1.33 bits per heavy atom. The molecule has 0 radical (unpaired) electrons. The second-order valence-corrected chi connectivity index (χ2v) is 9.74. The first-order valence-corrected chi connectivity index (χ1v) is 11.4. The smallest absolute Gasteiger partial charge is 0.354 e. The molecular weight excluding hydrogens is 416 g/mol. The molecule has 2 aliphatic carbocycles. The maximum Gasteiger partial charge on any atom is 0.354 e. The number of nitrogens with two attached hydrogens (primary N) is 1. The van der Waals surface area contributed by atoms with Crippen molar-refractivity contribution in [2.24, 2.45) is 9.50 Å². The number of amides is 2. The fourth-order valence-corrected chi connectivity index (χ4v) is 5.59. The van der Waals surface area contributed by atoms with Crippen LogP contribution in [0.5, 0.6) is 5.88 Å². The first-order valence-electron chi connectivity index (χ1n) is 9.82. The van der Waals surface area contributed by atoms with Gasteiger partial charge in [-0.15, -0.1) is 4.36 Å². The summed E-state index contributed by atoms with van der Waals surface area (Å²) >= 11 is 0. The minimum atomic E-state index is -3.63. The van der Waals surface area contributed by atoms with Crippen LogP contribution in [-0.2, 0) is 42.1 Å². The highest BCUT2D eigenvalue weighted by Gasteiger charge is 2.34. The van der Waals surface area contributed by atoms with Crippen molar-refractivity contribution in [1.82, 2.24) is 9.78 Å². The van der Waals surface area contributed by atoms with E-state index < -0.39 is 22.1 Å². The zero-order valence-corrected chi connectivity index (χ0v) is 17.1. The second-order valence-electron chi connectivity index (χ2n) is 7.98. The topological polar surface area (TPSA) is 112 Å². The van der Waals surface area contributed by atoms with E-state index in [-0.39, 0.29) is 35.5 Å². The predicted octanol–water partition coefficient (Wildman–Crippen LogP) is 2.66. The molecule has 2 aromatic rings. The van der Waals surface area contributed by atoms with Gasteiger partial charge in [-0.25, -0.2) is 27.6 Å². The highest BCUT2D eigenvalue weighted by atomic mass is 32.2. The van der Waals surface area contributed by atoms with Gasteiger partial charge in [-0.1, -0.05) is 0 Å². The fraction of sp³-hybridized carbons (Fsp3) is 0.474. The van der Waals surface area contributed by atoms with E-state index >= 15 is 0 Å². The van der Waals surface area contributed by atoms with Gasteiger partial charge in [-0.2, -0.15) is 5.10 Å². The molecule has 2 heterocycles. The maximum atomic E-state index is 14.8. The van der Waals surface area contributed by atoms with Crippen LogP contribution in [0.1, 0.15) is 35.6 Å². The molecule has 8 nitrogen and oxygen atoms in total. The van der Waals surface area contributed by atoms with E-state index in [0.717, 1.165) is 6.42 Å². The lowest BCUT2D eigenvalue weighted by Gasteiger charge is -2.16. The number of hydrogen-bond donors (Lipinski definition) is 2. The summed E-state index contributed by atoms with van der Waals surface area (Å²) in [6.45, 7) is 2.31. The van der Waals surface area contributed by atoms with Crippen molar-refractivity contribution in [1.29, 1.82) is 0 Å². The summed E-state index contributed by atoms with van der Waals surface area (Å²) in [5.74, 6) is -0.132. The predicted molar refractivity (Wildman–Crippen MR) is 105 cm³/mol. The van der Waals surface area contributed by atoms with Crippen LogP contribution in [-0.4, -0.2) is 32.3 Å². The molecule has 1 aromatic carbocycles. The number of anilines is 1. The van der Waals surface area contributed by atoms with Crippen molar-refractivity contribution >= 4 is 21.6 Å². The van der Waals surface area contributed by atoms with E-state index in [2.05, 4.69) is 14.8 Å². The Morgan fingerprint density at radius 2 is 2.07 bits per heavy atom. The Kier molecular flexibility index (Phi) is 4.37. The van der Waals surface area contributed by atoms with E-state index in [1.54, 1.807) is 0 Å². The minimum absolute atomic E-state index is 0.0137. The maximum absolute atomic E-state index is 14.8. The molecule has 11 heteroatoms. The molecule has 3 N–H and O–H groups in total. The molecule has 2 amide bonds. The van der Waals surface area contributed by atoms with Gasteiger partial charge in [0.1, 0.15) is 23.0 Å². The van der Waals surface area contributed by atoms with Crippen LogP contribution >= 0.6 is 0 Å². The van der Waals surface area contributed by atoms with E-state index in [4.69, 9.17) is 9.88 Å². The molecule has 0 bridgehead atoms. The van der Waals surface area contributed by atoms with Crippen molar-refractivity contribution < 1.29 is 22.5 Å². The molecule has 3 atom stereocenters. The number of nitrogens with one attached hydrogen (secondary N) is 1. The summed E-state index contributed by atoms with van der Waals surface area (Å²) in [6, 6.07) is -0.932. The van der Waals surface area contributed by atoms with Gasteiger partial charge in [-0.05, 0) is 48.4 Å². The summed E-state index contributed by atoms with van der Waals surface area (Å²) in [5.41, 5.74) is 2.33. The first-order chi connectivity index (χ1) is 14.2. The van der Waals surface area contributed by atoms with E-state index in [9.17, 15) is 17.8 Å². The van der Waals surface area contributed by atoms with E-state index in [1.165, 1.54) is 10.9 Å². The summed E-state index contributed by atoms with van der Waals surface area (Å²) in [7, 11) is -3.63. The third-order valence-corrected chi connectivity index (χ3v) is 7.18. The number of carbonyl (C=O) groups is 1. The lowest BCUT2D eigenvalue weighted by molar-refractivity contribution is 0.248. The van der Waals surface area contributed by atoms with E-state index in [0.29, 0.717) is 47.3 Å². The number of aromatic nitrogens is 2. The molecular formula is C19H21F2N5O3S. The standard InChI is InChI=1S/C19H21F2N5O3S/c1-9-8-26-18(29-9)15(7-23-26)30(22,28)25-19(27)24-17-12-4-2-3-11(12)16(21)13-5-10(20)6-14(13)17/h7,9-10H,2-6,8H2,1H3,(H3,22,24,25,27,28)/t9-,10-,30+/m0/s1. The third-order valence-electron chi connectivity index (χ3n) is 5.83. The Labute approximate surface area is 172 Å². The molecule has 0 saturated carbocycles. The molecule has 30 heavy (non-hydrogen) atoms. The largest absolute Gasteiger partial charge is 0.472 e. The SMILES string of the molecule is C[C@H]1Cn2ncc([S@](N)(=O)=NC(=O)Nc3c4c(c(F)c5c3C[C@@H](F)C5)CCC4)c2O1. The lowest BCUT2D eigenvalue weighted by Crippen LogP contribution is -2.19. The summed E-state index contributed by atoms with van der Waals surface area (Å²) in [6.07, 6.45) is 1.80. The van der Waals surface area contributed by atoms with Gasteiger partial charge >= 0.3 is 6.03 Å². The number of ether oxygens (including phenoxy) is 1. The van der Waals surface area contributed by atoms with Crippen molar-refractivity contribution in [3.8, 4) is 5.88 Å². The van der Waals surface area contributed by atoms with Crippen molar-refractivity contribution in [3.63, 3.8) is 0 Å². The highest BCUT2D eigenvalue weighted by Crippen LogP contribution is 2.41. The molecule has 160 valence electrons. The van der Waals surface area contributed by atoms with E-state index in [1.807, 2.05) is 6.92 Å². The normalized spacial score (nSPS) is 23.3. The first kappa shape index (κ1) is 19.4. The molecule has 0 saturated heterocycles. The van der Waals surface area contributed by atoms with Gasteiger partial charge in [0.15, 0.2) is 9.92 Å². The summed E-state index contributed by atoms with van der Waals surface area (Å²) in [5, 5.41) is 12.6. The fourth-order valence-electron chi connectivity index (χ4n) is 4.59. The van der Waals surface area contributed by atoms with Crippen molar-refractivity contribution in [2.75, 3.05) is 5.32 Å². The Bertz CT molecular complexity index is 1200. The number of hydrogen-bond acceptors (Lipinski definition) is 4. The van der Waals surface area contributed by atoms with Crippen LogP contribution in [0.15, 0.2) is 15.5 Å².